The van der Waals surface area contributed by atoms with Gasteiger partial charge in [-0.1, -0.05) is 50.6 Å². The summed E-state index contributed by atoms with van der Waals surface area (Å²) < 4.78 is 12.8. The van der Waals surface area contributed by atoms with E-state index in [0.717, 1.165) is 50.4 Å². The number of fused-ring (bicyclic) bond motifs is 4. The van der Waals surface area contributed by atoms with E-state index in [1.54, 1.807) is 0 Å². The van der Waals surface area contributed by atoms with Gasteiger partial charge in [0, 0.05) is 43.7 Å². The fourth-order valence-corrected chi connectivity index (χ4v) is 8.88. The molecule has 1 saturated heterocycles. The standard InChI is InChI=1S/C34H48N2O6/c1-31(2)20-41-34(42-21-31)14-12-27-29-24(11-13-33(27,40)19-34)26-9-10-28(38)32(26,3)17-25(29)23-7-5-22(6-8-23)18-36-30(39)35-15-4-16-37/h5-8,16,24-26,28,38,40H,4,9-15,17-21H2,1-3H3,(H2,35,36,39)/t24?,25?,26?,28?,32?,33-/m1/s1. The molecule has 2 amide bonds. The number of aliphatic hydroxyl groups excluding tert-OH is 1. The first kappa shape index (κ1) is 29.8. The Morgan fingerprint density at radius 2 is 1.79 bits per heavy atom. The molecule has 1 aromatic carbocycles. The first-order valence-corrected chi connectivity index (χ1v) is 15.9. The SMILES string of the molecule is CC1(C)COC2(CCC3=C4C(c5ccc(CNC(=O)NCCC=O)cc5)CC5(C)C(O)CCC5C4CC[C@@]3(O)C2)OC1. The molecule has 5 aliphatic rings. The van der Waals surface area contributed by atoms with Crippen molar-refractivity contribution in [3.63, 3.8) is 0 Å². The molecule has 6 rings (SSSR count). The van der Waals surface area contributed by atoms with Gasteiger partial charge in [0.1, 0.15) is 6.29 Å². The number of benzene rings is 1. The third-order valence-corrected chi connectivity index (χ3v) is 11.2. The van der Waals surface area contributed by atoms with Crippen LogP contribution in [0.4, 0.5) is 4.79 Å². The van der Waals surface area contributed by atoms with Crippen LogP contribution in [-0.2, 0) is 20.8 Å². The molecule has 1 aliphatic heterocycles. The summed E-state index contributed by atoms with van der Waals surface area (Å²) in [5, 5.41) is 29.1. The lowest BCUT2D eigenvalue weighted by molar-refractivity contribution is -0.322. The minimum absolute atomic E-state index is 0.0195. The van der Waals surface area contributed by atoms with Crippen LogP contribution in [-0.4, -0.2) is 59.8 Å². The van der Waals surface area contributed by atoms with Crippen molar-refractivity contribution in [2.45, 2.75) is 109 Å². The number of amides is 2. The molecule has 4 fully saturated rings. The molecule has 4 N–H and O–H groups in total. The van der Waals surface area contributed by atoms with Crippen molar-refractivity contribution >= 4 is 12.3 Å². The largest absolute Gasteiger partial charge is 0.393 e. The van der Waals surface area contributed by atoms with Crippen LogP contribution < -0.4 is 10.6 Å². The van der Waals surface area contributed by atoms with Crippen molar-refractivity contribution in [3.8, 4) is 0 Å². The number of aliphatic hydroxyl groups is 2. The van der Waals surface area contributed by atoms with Crippen molar-refractivity contribution < 1.29 is 29.3 Å². The summed E-state index contributed by atoms with van der Waals surface area (Å²) in [5.74, 6) is 0.202. The average Bonchev–Trinajstić information content (AvgIpc) is 3.27. The molecule has 3 saturated carbocycles. The van der Waals surface area contributed by atoms with E-state index >= 15 is 0 Å². The van der Waals surface area contributed by atoms with Crippen LogP contribution in [0.3, 0.4) is 0 Å². The Bertz CT molecular complexity index is 1220. The highest BCUT2D eigenvalue weighted by atomic mass is 16.7. The van der Waals surface area contributed by atoms with Crippen molar-refractivity contribution in [3.05, 3.63) is 46.5 Å². The third kappa shape index (κ3) is 5.33. The van der Waals surface area contributed by atoms with Gasteiger partial charge in [0.05, 0.1) is 24.9 Å². The van der Waals surface area contributed by atoms with Gasteiger partial charge in [0.15, 0.2) is 5.79 Å². The molecule has 0 bridgehead atoms. The van der Waals surface area contributed by atoms with E-state index in [2.05, 4.69) is 55.7 Å². The molecule has 8 nitrogen and oxygen atoms in total. The van der Waals surface area contributed by atoms with Crippen molar-refractivity contribution in [2.24, 2.45) is 22.7 Å². The van der Waals surface area contributed by atoms with Crippen LogP contribution in [0.1, 0.15) is 95.6 Å². The zero-order valence-electron chi connectivity index (χ0n) is 25.4. The summed E-state index contributed by atoms with van der Waals surface area (Å²) in [6, 6.07) is 8.17. The Morgan fingerprint density at radius 3 is 2.50 bits per heavy atom. The zero-order chi connectivity index (χ0) is 29.8. The first-order chi connectivity index (χ1) is 20.0. The number of carbonyl (C=O) groups excluding carboxylic acids is 2. The quantitative estimate of drug-likeness (QED) is 0.220. The van der Waals surface area contributed by atoms with E-state index in [-0.39, 0.29) is 28.9 Å². The van der Waals surface area contributed by atoms with Gasteiger partial charge in [-0.15, -0.1) is 0 Å². The first-order valence-electron chi connectivity index (χ1n) is 15.9. The highest BCUT2D eigenvalue weighted by Gasteiger charge is 2.60. The second-order valence-electron chi connectivity index (χ2n) is 14.7. The molecular weight excluding hydrogens is 532 g/mol. The number of allylic oxidation sites excluding steroid dienone is 1. The van der Waals surface area contributed by atoms with Gasteiger partial charge < -0.3 is 35.1 Å². The molecular formula is C34H48N2O6. The average molecular weight is 581 g/mol. The predicted octanol–water partition coefficient (Wildman–Crippen LogP) is 4.73. The molecule has 0 aromatic heterocycles. The lowest BCUT2D eigenvalue weighted by Gasteiger charge is -2.57. The van der Waals surface area contributed by atoms with Gasteiger partial charge in [-0.25, -0.2) is 4.79 Å². The summed E-state index contributed by atoms with van der Waals surface area (Å²) in [7, 11) is 0. The van der Waals surface area contributed by atoms with E-state index < -0.39 is 11.4 Å². The monoisotopic (exact) mass is 580 g/mol. The molecule has 0 radical (unpaired) electrons. The van der Waals surface area contributed by atoms with E-state index in [4.69, 9.17) is 9.47 Å². The van der Waals surface area contributed by atoms with Gasteiger partial charge >= 0.3 is 6.03 Å². The summed E-state index contributed by atoms with van der Waals surface area (Å²) >= 11 is 0. The van der Waals surface area contributed by atoms with Gasteiger partial charge in [-0.3, -0.25) is 0 Å². The number of hydrogen-bond acceptors (Lipinski definition) is 6. The Hall–Kier alpha value is -2.26. The minimum Gasteiger partial charge on any atom is -0.393 e. The topological polar surface area (TPSA) is 117 Å². The normalized spacial score (nSPS) is 36.5. The maximum Gasteiger partial charge on any atom is 0.315 e. The number of hydrogen-bond donors (Lipinski definition) is 4. The Balaban J connectivity index is 1.28. The Labute approximate surface area is 249 Å². The third-order valence-electron chi connectivity index (χ3n) is 11.2. The fourth-order valence-electron chi connectivity index (χ4n) is 8.88. The minimum atomic E-state index is -0.935. The maximum atomic E-state index is 12.3. The lowest BCUT2D eigenvalue weighted by Crippen LogP contribution is -2.57. The maximum absolute atomic E-state index is 12.3. The zero-order valence-corrected chi connectivity index (χ0v) is 25.4. The Kier molecular flexibility index (Phi) is 7.82. The number of urea groups is 1. The van der Waals surface area contributed by atoms with E-state index in [1.807, 2.05) is 0 Å². The van der Waals surface area contributed by atoms with Gasteiger partial charge in [0.2, 0.25) is 0 Å². The van der Waals surface area contributed by atoms with Gasteiger partial charge in [-0.05, 0) is 72.5 Å². The molecule has 230 valence electrons. The van der Waals surface area contributed by atoms with Crippen molar-refractivity contribution in [1.29, 1.82) is 0 Å². The highest BCUT2D eigenvalue weighted by Crippen LogP contribution is 2.65. The molecule has 42 heavy (non-hydrogen) atoms. The summed E-state index contributed by atoms with van der Waals surface area (Å²) in [5.41, 5.74) is 3.71. The van der Waals surface area contributed by atoms with E-state index in [9.17, 15) is 19.8 Å². The lowest BCUT2D eigenvalue weighted by atomic mass is 9.51. The smallest absolute Gasteiger partial charge is 0.315 e. The summed E-state index contributed by atoms with van der Waals surface area (Å²) in [4.78, 5) is 22.5. The second-order valence-corrected chi connectivity index (χ2v) is 14.7. The summed E-state index contributed by atoms with van der Waals surface area (Å²) in [6.45, 7) is 8.59. The number of rotatable bonds is 6. The fraction of sp³-hybridized carbons (Fsp3) is 0.706. The van der Waals surface area contributed by atoms with Crippen LogP contribution in [0.25, 0.3) is 0 Å². The van der Waals surface area contributed by atoms with E-state index in [1.165, 1.54) is 16.7 Å². The number of nitrogens with one attached hydrogen (secondary N) is 2. The van der Waals surface area contributed by atoms with Crippen LogP contribution in [0, 0.1) is 22.7 Å². The van der Waals surface area contributed by atoms with Crippen molar-refractivity contribution in [2.75, 3.05) is 19.8 Å². The number of aldehydes is 1. The van der Waals surface area contributed by atoms with Crippen LogP contribution in [0.2, 0.25) is 0 Å². The van der Waals surface area contributed by atoms with Gasteiger partial charge in [-0.2, -0.15) is 0 Å². The van der Waals surface area contributed by atoms with Crippen LogP contribution in [0.15, 0.2) is 35.4 Å². The molecule has 4 aliphatic carbocycles. The number of carbonyl (C=O) groups is 2. The van der Waals surface area contributed by atoms with Gasteiger partial charge in [0.25, 0.3) is 0 Å². The van der Waals surface area contributed by atoms with Crippen LogP contribution in [0.5, 0.6) is 0 Å². The highest BCUT2D eigenvalue weighted by molar-refractivity contribution is 5.74. The molecule has 1 heterocycles. The van der Waals surface area contributed by atoms with Crippen LogP contribution >= 0.6 is 0 Å². The molecule has 5 unspecified atom stereocenters. The number of ether oxygens (including phenoxy) is 2. The van der Waals surface area contributed by atoms with E-state index in [0.29, 0.717) is 57.4 Å². The van der Waals surface area contributed by atoms with Crippen molar-refractivity contribution in [1.82, 2.24) is 10.6 Å². The Morgan fingerprint density at radius 1 is 1.05 bits per heavy atom. The molecule has 6 atom stereocenters. The molecule has 8 heteroatoms. The second kappa shape index (κ2) is 11.0. The molecule has 1 aromatic rings. The predicted molar refractivity (Wildman–Crippen MR) is 159 cm³/mol. The molecule has 1 spiro atoms. The summed E-state index contributed by atoms with van der Waals surface area (Å²) in [6.07, 6.45) is 7.17.